The lowest BCUT2D eigenvalue weighted by molar-refractivity contribution is 0.742. The summed E-state index contributed by atoms with van der Waals surface area (Å²) >= 11 is 6.95. The van der Waals surface area contributed by atoms with Gasteiger partial charge in [0, 0.05) is 16.8 Å². The van der Waals surface area contributed by atoms with E-state index in [0.717, 1.165) is 17.1 Å². The molecule has 0 aliphatic rings. The second kappa shape index (κ2) is 5.54. The summed E-state index contributed by atoms with van der Waals surface area (Å²) in [5, 5.41) is 7.89. The third-order valence-corrected chi connectivity index (χ3v) is 4.55. The lowest BCUT2D eigenvalue weighted by atomic mass is 10.1. The fourth-order valence-corrected chi connectivity index (χ4v) is 3.75. The van der Waals surface area contributed by atoms with Crippen molar-refractivity contribution in [3.8, 4) is 0 Å². The zero-order chi connectivity index (χ0) is 15.0. The summed E-state index contributed by atoms with van der Waals surface area (Å²) in [4.78, 5) is 3.03. The first kappa shape index (κ1) is 15.0. The molecule has 2 rings (SSSR count). The van der Waals surface area contributed by atoms with Crippen molar-refractivity contribution in [3.63, 3.8) is 0 Å². The van der Waals surface area contributed by atoms with Crippen LogP contribution in [0.1, 0.15) is 39.5 Å². The summed E-state index contributed by atoms with van der Waals surface area (Å²) in [6, 6.07) is 2.41. The second-order valence-corrected chi connectivity index (χ2v) is 6.93. The highest BCUT2D eigenvalue weighted by Gasteiger charge is 2.19. The third kappa shape index (κ3) is 2.71. The van der Waals surface area contributed by atoms with Gasteiger partial charge in [0.2, 0.25) is 0 Å². The molecule has 2 aromatic rings. The number of nitrogens with zero attached hydrogens (tertiary/aromatic N) is 2. The van der Waals surface area contributed by atoms with Gasteiger partial charge in [-0.25, -0.2) is 0 Å². The first-order valence-electron chi connectivity index (χ1n) is 6.48. The fraction of sp³-hybridized carbons (Fsp3) is 0.429. The van der Waals surface area contributed by atoms with E-state index in [1.165, 1.54) is 15.3 Å². The summed E-state index contributed by atoms with van der Waals surface area (Å²) < 4.78 is 1.80. The van der Waals surface area contributed by atoms with Gasteiger partial charge in [0.15, 0.2) is 0 Å². The average Bonchev–Trinajstić information content (AvgIpc) is 2.79. The Kier molecular flexibility index (Phi) is 4.15. The molecule has 108 valence electrons. The van der Waals surface area contributed by atoms with Crippen molar-refractivity contribution in [2.24, 2.45) is 12.8 Å². The minimum atomic E-state index is 0.183. The highest BCUT2D eigenvalue weighted by Crippen LogP contribution is 2.30. The van der Waals surface area contributed by atoms with Crippen LogP contribution in [0.25, 0.3) is 0 Å². The summed E-state index contributed by atoms with van der Waals surface area (Å²) in [7, 11) is 1.90. The van der Waals surface area contributed by atoms with E-state index in [1.54, 1.807) is 4.68 Å². The van der Waals surface area contributed by atoms with Crippen molar-refractivity contribution >= 4 is 34.4 Å². The van der Waals surface area contributed by atoms with E-state index in [-0.39, 0.29) is 6.04 Å². The molecule has 2 heterocycles. The number of anilines is 1. The highest BCUT2D eigenvalue weighted by molar-refractivity contribution is 7.80. The Hall–Kier alpha value is -1.40. The normalized spacial score (nSPS) is 12.4. The summed E-state index contributed by atoms with van der Waals surface area (Å²) in [5.41, 5.74) is 8.81. The minimum Gasteiger partial charge on any atom is -0.389 e. The molecule has 0 radical (unpaired) electrons. The van der Waals surface area contributed by atoms with Crippen LogP contribution in [-0.2, 0) is 7.05 Å². The molecule has 0 aliphatic heterocycles. The number of hydrogen-bond donors (Lipinski definition) is 2. The predicted molar refractivity (Wildman–Crippen MR) is 89.7 cm³/mol. The topological polar surface area (TPSA) is 55.9 Å². The van der Waals surface area contributed by atoms with E-state index >= 15 is 0 Å². The van der Waals surface area contributed by atoms with Crippen molar-refractivity contribution in [2.45, 2.75) is 33.7 Å². The van der Waals surface area contributed by atoms with Crippen molar-refractivity contribution in [1.29, 1.82) is 0 Å². The minimum absolute atomic E-state index is 0.183. The highest BCUT2D eigenvalue weighted by atomic mass is 32.1. The van der Waals surface area contributed by atoms with E-state index in [1.807, 2.05) is 25.3 Å². The van der Waals surface area contributed by atoms with Gasteiger partial charge in [0.25, 0.3) is 0 Å². The van der Waals surface area contributed by atoms with E-state index in [2.05, 4.69) is 37.3 Å². The number of nitrogens with two attached hydrogens (primary N) is 1. The Morgan fingerprint density at radius 1 is 1.45 bits per heavy atom. The second-order valence-electron chi connectivity index (χ2n) is 5.03. The zero-order valence-corrected chi connectivity index (χ0v) is 14.1. The Balaban J connectivity index is 2.35. The van der Waals surface area contributed by atoms with Crippen LogP contribution in [-0.4, -0.2) is 14.8 Å². The molecule has 1 atom stereocenters. The standard InChI is InChI=1S/C14H20N4S2/c1-7-6-11(10(4)20-7)8(2)16-14-12(13(15)19)9(3)17-18(14)5/h6,8,16H,1-5H3,(H2,15,19). The molecule has 0 bridgehead atoms. The fourth-order valence-electron chi connectivity index (χ4n) is 2.48. The van der Waals surface area contributed by atoms with E-state index in [4.69, 9.17) is 18.0 Å². The zero-order valence-electron chi connectivity index (χ0n) is 12.4. The first-order valence-corrected chi connectivity index (χ1v) is 7.70. The average molecular weight is 308 g/mol. The quantitative estimate of drug-likeness (QED) is 0.852. The van der Waals surface area contributed by atoms with E-state index < -0.39 is 0 Å². The Morgan fingerprint density at radius 3 is 2.60 bits per heavy atom. The molecule has 4 nitrogen and oxygen atoms in total. The largest absolute Gasteiger partial charge is 0.389 e. The molecule has 2 aromatic heterocycles. The summed E-state index contributed by atoms with van der Waals surface area (Å²) in [6.07, 6.45) is 0. The van der Waals surface area contributed by atoms with Crippen LogP contribution in [0.5, 0.6) is 0 Å². The molecule has 1 unspecified atom stereocenters. The van der Waals surface area contributed by atoms with Crippen LogP contribution in [0.3, 0.4) is 0 Å². The molecule has 0 aliphatic carbocycles. The molecule has 20 heavy (non-hydrogen) atoms. The van der Waals surface area contributed by atoms with E-state index in [0.29, 0.717) is 4.99 Å². The lowest BCUT2D eigenvalue weighted by Crippen LogP contribution is -2.16. The molecule has 0 saturated heterocycles. The number of hydrogen-bond acceptors (Lipinski definition) is 4. The molecule has 0 fully saturated rings. The van der Waals surface area contributed by atoms with Crippen LogP contribution >= 0.6 is 23.6 Å². The number of rotatable bonds is 4. The van der Waals surface area contributed by atoms with Crippen LogP contribution in [0, 0.1) is 20.8 Å². The van der Waals surface area contributed by atoms with Gasteiger partial charge < -0.3 is 11.1 Å². The van der Waals surface area contributed by atoms with Gasteiger partial charge in [-0.05, 0) is 39.3 Å². The maximum Gasteiger partial charge on any atom is 0.135 e. The van der Waals surface area contributed by atoms with Crippen LogP contribution in [0.2, 0.25) is 0 Å². The van der Waals surface area contributed by atoms with Gasteiger partial charge in [-0.3, -0.25) is 4.68 Å². The molecule has 0 aromatic carbocycles. The number of aromatic nitrogens is 2. The first-order chi connectivity index (χ1) is 9.31. The molecular formula is C14H20N4S2. The van der Waals surface area contributed by atoms with Crippen LogP contribution < -0.4 is 11.1 Å². The van der Waals surface area contributed by atoms with Gasteiger partial charge in [-0.15, -0.1) is 11.3 Å². The van der Waals surface area contributed by atoms with Crippen molar-refractivity contribution in [3.05, 3.63) is 32.6 Å². The maximum atomic E-state index is 5.82. The predicted octanol–water partition coefficient (Wildman–Crippen LogP) is 3.21. The smallest absolute Gasteiger partial charge is 0.135 e. The van der Waals surface area contributed by atoms with Gasteiger partial charge in [-0.2, -0.15) is 5.10 Å². The Labute approximate surface area is 129 Å². The summed E-state index contributed by atoms with van der Waals surface area (Å²) in [6.45, 7) is 8.33. The lowest BCUT2D eigenvalue weighted by Gasteiger charge is -2.16. The van der Waals surface area contributed by atoms with Gasteiger partial charge in [-0.1, -0.05) is 12.2 Å². The molecule has 0 spiro atoms. The maximum absolute atomic E-state index is 5.82. The molecule has 0 amide bonds. The third-order valence-electron chi connectivity index (χ3n) is 3.37. The summed E-state index contributed by atoms with van der Waals surface area (Å²) in [5.74, 6) is 0.880. The van der Waals surface area contributed by atoms with Crippen molar-refractivity contribution in [1.82, 2.24) is 9.78 Å². The van der Waals surface area contributed by atoms with Gasteiger partial charge in [0.1, 0.15) is 10.8 Å². The van der Waals surface area contributed by atoms with Gasteiger partial charge in [0.05, 0.1) is 17.3 Å². The van der Waals surface area contributed by atoms with E-state index in [9.17, 15) is 0 Å². The molecule has 0 saturated carbocycles. The van der Waals surface area contributed by atoms with Gasteiger partial charge >= 0.3 is 0 Å². The molecule has 6 heteroatoms. The SMILES string of the molecule is Cc1cc(C(C)Nc2c(C(N)=S)c(C)nn2C)c(C)s1. The van der Waals surface area contributed by atoms with Crippen molar-refractivity contribution < 1.29 is 0 Å². The Bertz CT molecular complexity index is 654. The Morgan fingerprint density at radius 2 is 2.10 bits per heavy atom. The van der Waals surface area contributed by atoms with Crippen LogP contribution in [0.15, 0.2) is 6.07 Å². The molecular weight excluding hydrogens is 288 g/mol. The number of thiocarbonyl (C=S) groups is 1. The van der Waals surface area contributed by atoms with Crippen LogP contribution in [0.4, 0.5) is 5.82 Å². The number of nitrogens with one attached hydrogen (secondary N) is 1. The van der Waals surface area contributed by atoms with Crippen molar-refractivity contribution in [2.75, 3.05) is 5.32 Å². The molecule has 3 N–H and O–H groups in total. The monoisotopic (exact) mass is 308 g/mol. The number of thiophene rings is 1. The number of aryl methyl sites for hydroxylation is 4.